The Labute approximate surface area is 65.6 Å². The molecule has 56 valence electrons. The van der Waals surface area contributed by atoms with Gasteiger partial charge in [-0.05, 0) is 12.3 Å². The Kier molecular flexibility index (Phi) is 6.88. The Hall–Kier alpha value is 0.440. The van der Waals surface area contributed by atoms with E-state index in [0.29, 0.717) is 12.5 Å². The standard InChI is InChI=1S/C7H15BrO/c1-2-3-4-7(5-8)6-9/h7,9H,2-6H2,1H3. The van der Waals surface area contributed by atoms with E-state index in [2.05, 4.69) is 22.9 Å². The van der Waals surface area contributed by atoms with E-state index in [9.17, 15) is 0 Å². The highest BCUT2D eigenvalue weighted by Crippen LogP contribution is 2.09. The first kappa shape index (κ1) is 9.44. The van der Waals surface area contributed by atoms with Gasteiger partial charge in [0.05, 0.1) is 0 Å². The third kappa shape index (κ3) is 4.91. The van der Waals surface area contributed by atoms with Crippen LogP contribution in [0.5, 0.6) is 0 Å². The van der Waals surface area contributed by atoms with E-state index in [-0.39, 0.29) is 0 Å². The fraction of sp³-hybridized carbons (Fsp3) is 1.00. The van der Waals surface area contributed by atoms with Crippen LogP contribution in [0.1, 0.15) is 26.2 Å². The van der Waals surface area contributed by atoms with Gasteiger partial charge in [0.25, 0.3) is 0 Å². The quantitative estimate of drug-likeness (QED) is 0.666. The second-order valence-corrected chi connectivity index (χ2v) is 2.99. The lowest BCUT2D eigenvalue weighted by Crippen LogP contribution is -2.06. The molecular weight excluding hydrogens is 180 g/mol. The molecule has 0 rings (SSSR count). The van der Waals surface area contributed by atoms with Gasteiger partial charge < -0.3 is 5.11 Å². The van der Waals surface area contributed by atoms with Gasteiger partial charge in [0.2, 0.25) is 0 Å². The molecular formula is C7H15BrO. The van der Waals surface area contributed by atoms with Crippen molar-refractivity contribution in [3.8, 4) is 0 Å². The van der Waals surface area contributed by atoms with Crippen LogP contribution < -0.4 is 0 Å². The fourth-order valence-electron chi connectivity index (χ4n) is 0.710. The van der Waals surface area contributed by atoms with E-state index in [4.69, 9.17) is 5.11 Å². The first-order valence-electron chi connectivity index (χ1n) is 3.52. The molecule has 0 saturated heterocycles. The lowest BCUT2D eigenvalue weighted by molar-refractivity contribution is 0.231. The van der Waals surface area contributed by atoms with Gasteiger partial charge >= 0.3 is 0 Å². The van der Waals surface area contributed by atoms with Crippen LogP contribution in [0.3, 0.4) is 0 Å². The first-order chi connectivity index (χ1) is 4.35. The summed E-state index contributed by atoms with van der Waals surface area (Å²) in [6.45, 7) is 2.49. The Morgan fingerprint density at radius 1 is 1.56 bits per heavy atom. The summed E-state index contributed by atoms with van der Waals surface area (Å²) < 4.78 is 0. The molecule has 1 nitrogen and oxygen atoms in total. The third-order valence-corrected chi connectivity index (χ3v) is 2.36. The number of alkyl halides is 1. The molecule has 1 N–H and O–H groups in total. The van der Waals surface area contributed by atoms with Crippen LogP contribution in [0.4, 0.5) is 0 Å². The van der Waals surface area contributed by atoms with Crippen molar-refractivity contribution < 1.29 is 5.11 Å². The SMILES string of the molecule is CCCCC(CO)CBr. The number of unbranched alkanes of at least 4 members (excludes halogenated alkanes) is 1. The fourth-order valence-corrected chi connectivity index (χ4v) is 1.24. The van der Waals surface area contributed by atoms with Crippen molar-refractivity contribution in [3.63, 3.8) is 0 Å². The van der Waals surface area contributed by atoms with Gasteiger partial charge in [-0.25, -0.2) is 0 Å². The number of aliphatic hydroxyl groups is 1. The summed E-state index contributed by atoms with van der Waals surface area (Å²) in [6, 6.07) is 0. The Bertz CT molecular complexity index is 52.9. The van der Waals surface area contributed by atoms with Crippen LogP contribution in [0.25, 0.3) is 0 Å². The van der Waals surface area contributed by atoms with E-state index in [1.165, 1.54) is 12.8 Å². The molecule has 1 unspecified atom stereocenters. The number of hydrogen-bond donors (Lipinski definition) is 1. The van der Waals surface area contributed by atoms with Gasteiger partial charge in [0, 0.05) is 11.9 Å². The smallest absolute Gasteiger partial charge is 0.0467 e. The Balaban J connectivity index is 3.09. The lowest BCUT2D eigenvalue weighted by atomic mass is 10.1. The second-order valence-electron chi connectivity index (χ2n) is 2.35. The van der Waals surface area contributed by atoms with E-state index >= 15 is 0 Å². The molecule has 2 heteroatoms. The lowest BCUT2D eigenvalue weighted by Gasteiger charge is -2.07. The summed E-state index contributed by atoms with van der Waals surface area (Å²) in [5, 5.41) is 9.66. The van der Waals surface area contributed by atoms with E-state index < -0.39 is 0 Å². The van der Waals surface area contributed by atoms with Crippen LogP contribution in [-0.4, -0.2) is 17.0 Å². The largest absolute Gasteiger partial charge is 0.396 e. The minimum Gasteiger partial charge on any atom is -0.396 e. The third-order valence-electron chi connectivity index (χ3n) is 1.44. The number of halogens is 1. The minimum atomic E-state index is 0.325. The molecule has 0 aliphatic heterocycles. The van der Waals surface area contributed by atoms with Crippen molar-refractivity contribution in [2.75, 3.05) is 11.9 Å². The molecule has 9 heavy (non-hydrogen) atoms. The average Bonchev–Trinajstić information content (AvgIpc) is 1.91. The van der Waals surface area contributed by atoms with Crippen molar-refractivity contribution in [2.24, 2.45) is 5.92 Å². The maximum atomic E-state index is 8.72. The molecule has 0 aromatic rings. The van der Waals surface area contributed by atoms with Crippen LogP contribution in [0, 0.1) is 5.92 Å². The molecule has 1 atom stereocenters. The summed E-state index contributed by atoms with van der Waals surface area (Å²) in [5.74, 6) is 0.477. The van der Waals surface area contributed by atoms with Crippen LogP contribution >= 0.6 is 15.9 Å². The summed E-state index contributed by atoms with van der Waals surface area (Å²) in [5.41, 5.74) is 0. The molecule has 0 spiro atoms. The highest BCUT2D eigenvalue weighted by atomic mass is 79.9. The van der Waals surface area contributed by atoms with E-state index in [1.54, 1.807) is 0 Å². The van der Waals surface area contributed by atoms with Gasteiger partial charge in [0.1, 0.15) is 0 Å². The predicted molar refractivity (Wildman–Crippen MR) is 43.9 cm³/mol. The van der Waals surface area contributed by atoms with Crippen molar-refractivity contribution in [3.05, 3.63) is 0 Å². The van der Waals surface area contributed by atoms with Gasteiger partial charge in [-0.2, -0.15) is 0 Å². The molecule has 0 aromatic carbocycles. The zero-order chi connectivity index (χ0) is 7.11. The van der Waals surface area contributed by atoms with Crippen molar-refractivity contribution in [1.82, 2.24) is 0 Å². The molecule has 0 saturated carbocycles. The molecule has 0 amide bonds. The van der Waals surface area contributed by atoms with Crippen molar-refractivity contribution >= 4 is 15.9 Å². The van der Waals surface area contributed by atoms with Crippen LogP contribution in [-0.2, 0) is 0 Å². The molecule has 0 aliphatic carbocycles. The highest BCUT2D eigenvalue weighted by Gasteiger charge is 2.02. The number of rotatable bonds is 5. The maximum absolute atomic E-state index is 8.72. The monoisotopic (exact) mass is 194 g/mol. The average molecular weight is 195 g/mol. The number of hydrogen-bond acceptors (Lipinski definition) is 1. The zero-order valence-electron chi connectivity index (χ0n) is 5.94. The van der Waals surface area contributed by atoms with Crippen LogP contribution in [0.15, 0.2) is 0 Å². The normalized spacial score (nSPS) is 13.7. The maximum Gasteiger partial charge on any atom is 0.0467 e. The van der Waals surface area contributed by atoms with Gasteiger partial charge in [-0.1, -0.05) is 35.7 Å². The molecule has 0 aromatic heterocycles. The zero-order valence-corrected chi connectivity index (χ0v) is 7.52. The Morgan fingerprint density at radius 3 is 2.56 bits per heavy atom. The van der Waals surface area contributed by atoms with Gasteiger partial charge in [-0.3, -0.25) is 0 Å². The van der Waals surface area contributed by atoms with Crippen LogP contribution in [0.2, 0.25) is 0 Å². The predicted octanol–water partition coefficient (Wildman–Crippen LogP) is 2.18. The van der Waals surface area contributed by atoms with Gasteiger partial charge in [-0.15, -0.1) is 0 Å². The molecule has 0 radical (unpaired) electrons. The molecule has 0 aliphatic rings. The first-order valence-corrected chi connectivity index (χ1v) is 4.64. The van der Waals surface area contributed by atoms with Gasteiger partial charge in [0.15, 0.2) is 0 Å². The molecule has 0 heterocycles. The molecule has 0 bridgehead atoms. The Morgan fingerprint density at radius 2 is 2.22 bits per heavy atom. The summed E-state index contributed by atoms with van der Waals surface area (Å²) in [6.07, 6.45) is 3.61. The highest BCUT2D eigenvalue weighted by molar-refractivity contribution is 9.09. The topological polar surface area (TPSA) is 20.2 Å². The van der Waals surface area contributed by atoms with Crippen molar-refractivity contribution in [2.45, 2.75) is 26.2 Å². The molecule has 0 fully saturated rings. The minimum absolute atomic E-state index is 0.325. The van der Waals surface area contributed by atoms with E-state index in [1.807, 2.05) is 0 Å². The van der Waals surface area contributed by atoms with Crippen molar-refractivity contribution in [1.29, 1.82) is 0 Å². The summed E-state index contributed by atoms with van der Waals surface area (Å²) in [4.78, 5) is 0. The summed E-state index contributed by atoms with van der Waals surface area (Å²) in [7, 11) is 0. The second kappa shape index (κ2) is 6.56. The van der Waals surface area contributed by atoms with E-state index in [0.717, 1.165) is 11.8 Å². The number of aliphatic hydroxyl groups excluding tert-OH is 1. The summed E-state index contributed by atoms with van der Waals surface area (Å²) >= 11 is 3.35.